The minimum absolute atomic E-state index is 0.503. The first-order valence-electron chi connectivity index (χ1n) is 7.91. The first kappa shape index (κ1) is 13.2. The maximum absolute atomic E-state index is 4.42. The van der Waals surface area contributed by atoms with E-state index in [1.54, 1.807) is 0 Å². The number of hydrogen-bond acceptors (Lipinski definition) is 2. The first-order valence-corrected chi connectivity index (χ1v) is 7.91. The Morgan fingerprint density at radius 1 is 1.42 bits per heavy atom. The lowest BCUT2D eigenvalue weighted by molar-refractivity contribution is 0.280. The summed E-state index contributed by atoms with van der Waals surface area (Å²) in [4.78, 5) is 0. The van der Waals surface area contributed by atoms with Crippen molar-refractivity contribution in [2.45, 2.75) is 52.0 Å². The molecule has 0 radical (unpaired) electrons. The SMILES string of the molecule is CCNC(CC1CC2CCC1C2)c1cnn(C)c1C. The summed E-state index contributed by atoms with van der Waals surface area (Å²) in [6.07, 6.45) is 9.35. The molecule has 0 aliphatic heterocycles. The quantitative estimate of drug-likeness (QED) is 0.882. The molecule has 1 aromatic heterocycles. The predicted molar refractivity (Wildman–Crippen MR) is 77.9 cm³/mol. The third kappa shape index (κ3) is 2.45. The standard InChI is InChI=1S/C16H27N3/c1-4-17-16(15-10-18-19(3)11(15)2)9-14-8-12-5-6-13(14)7-12/h10,12-14,16-17H,4-9H2,1-3H3. The van der Waals surface area contributed by atoms with Gasteiger partial charge < -0.3 is 5.32 Å². The fourth-order valence-electron chi connectivity index (χ4n) is 4.39. The van der Waals surface area contributed by atoms with E-state index in [0.717, 1.165) is 24.3 Å². The van der Waals surface area contributed by atoms with Crippen molar-refractivity contribution in [1.82, 2.24) is 15.1 Å². The van der Waals surface area contributed by atoms with Crippen molar-refractivity contribution in [3.8, 4) is 0 Å². The van der Waals surface area contributed by atoms with Crippen LogP contribution in [0.15, 0.2) is 6.20 Å². The predicted octanol–water partition coefficient (Wildman–Crippen LogP) is 3.21. The average molecular weight is 261 g/mol. The van der Waals surface area contributed by atoms with E-state index >= 15 is 0 Å². The van der Waals surface area contributed by atoms with Gasteiger partial charge in [0.1, 0.15) is 0 Å². The van der Waals surface area contributed by atoms with Crippen molar-refractivity contribution in [3.05, 3.63) is 17.5 Å². The lowest BCUT2D eigenvalue weighted by Crippen LogP contribution is -2.25. The van der Waals surface area contributed by atoms with E-state index in [4.69, 9.17) is 0 Å². The molecule has 0 spiro atoms. The zero-order chi connectivity index (χ0) is 13.4. The lowest BCUT2D eigenvalue weighted by atomic mass is 9.83. The Bertz CT molecular complexity index is 437. The molecule has 0 aromatic carbocycles. The van der Waals surface area contributed by atoms with Crippen LogP contribution in [0.25, 0.3) is 0 Å². The maximum Gasteiger partial charge on any atom is 0.0540 e. The molecule has 2 aliphatic carbocycles. The second kappa shape index (κ2) is 5.28. The molecule has 1 heterocycles. The second-order valence-corrected chi connectivity index (χ2v) is 6.59. The van der Waals surface area contributed by atoms with Gasteiger partial charge in [0, 0.05) is 24.3 Å². The van der Waals surface area contributed by atoms with Crippen molar-refractivity contribution in [2.75, 3.05) is 6.54 Å². The monoisotopic (exact) mass is 261 g/mol. The molecule has 2 saturated carbocycles. The lowest BCUT2D eigenvalue weighted by Gasteiger charge is -2.27. The Morgan fingerprint density at radius 2 is 2.26 bits per heavy atom. The normalized spacial score (nSPS) is 31.0. The minimum Gasteiger partial charge on any atom is -0.310 e. The molecule has 3 rings (SSSR count). The summed E-state index contributed by atoms with van der Waals surface area (Å²) in [6.45, 7) is 5.44. The third-order valence-electron chi connectivity index (χ3n) is 5.52. The van der Waals surface area contributed by atoms with Gasteiger partial charge in [0.25, 0.3) is 0 Å². The van der Waals surface area contributed by atoms with Gasteiger partial charge in [-0.15, -0.1) is 0 Å². The highest BCUT2D eigenvalue weighted by Crippen LogP contribution is 2.51. The maximum atomic E-state index is 4.42. The molecule has 2 fully saturated rings. The number of rotatable bonds is 5. The Hall–Kier alpha value is -0.830. The number of fused-ring (bicyclic) bond motifs is 2. The van der Waals surface area contributed by atoms with E-state index in [1.807, 2.05) is 11.7 Å². The molecule has 0 amide bonds. The van der Waals surface area contributed by atoms with E-state index in [2.05, 4.69) is 30.5 Å². The number of aryl methyl sites for hydroxylation is 1. The summed E-state index contributed by atoms with van der Waals surface area (Å²) in [6, 6.07) is 0.503. The first-order chi connectivity index (χ1) is 9.19. The Balaban J connectivity index is 1.72. The van der Waals surface area contributed by atoms with Gasteiger partial charge in [0.15, 0.2) is 0 Å². The zero-order valence-electron chi connectivity index (χ0n) is 12.5. The van der Waals surface area contributed by atoms with Crippen LogP contribution in [0.2, 0.25) is 0 Å². The Labute approximate surface area is 116 Å². The van der Waals surface area contributed by atoms with Crippen LogP contribution in [0, 0.1) is 24.7 Å². The molecule has 1 N–H and O–H groups in total. The topological polar surface area (TPSA) is 29.9 Å². The summed E-state index contributed by atoms with van der Waals surface area (Å²) in [7, 11) is 2.04. The highest BCUT2D eigenvalue weighted by atomic mass is 15.3. The van der Waals surface area contributed by atoms with Gasteiger partial charge in [-0.3, -0.25) is 4.68 Å². The molecule has 4 unspecified atom stereocenters. The highest BCUT2D eigenvalue weighted by Gasteiger charge is 2.40. The van der Waals surface area contributed by atoms with Crippen molar-refractivity contribution < 1.29 is 0 Å². The summed E-state index contributed by atoms with van der Waals surface area (Å²) in [5, 5.41) is 8.10. The molecule has 2 aliphatic rings. The number of hydrogen-bond donors (Lipinski definition) is 1. The smallest absolute Gasteiger partial charge is 0.0540 e. The molecule has 0 saturated heterocycles. The van der Waals surface area contributed by atoms with Crippen LogP contribution in [0.5, 0.6) is 0 Å². The molecule has 3 nitrogen and oxygen atoms in total. The molecule has 4 atom stereocenters. The van der Waals surface area contributed by atoms with E-state index in [0.29, 0.717) is 6.04 Å². The van der Waals surface area contributed by atoms with Crippen LogP contribution in [-0.2, 0) is 7.05 Å². The Morgan fingerprint density at radius 3 is 2.79 bits per heavy atom. The van der Waals surface area contributed by atoms with E-state index in [1.165, 1.54) is 43.4 Å². The van der Waals surface area contributed by atoms with E-state index in [9.17, 15) is 0 Å². The third-order valence-corrected chi connectivity index (χ3v) is 5.52. The van der Waals surface area contributed by atoms with Crippen LogP contribution in [0.3, 0.4) is 0 Å². The number of nitrogens with one attached hydrogen (secondary N) is 1. The molecular formula is C16H27N3. The molecule has 2 bridgehead atoms. The van der Waals surface area contributed by atoms with E-state index < -0.39 is 0 Å². The van der Waals surface area contributed by atoms with Crippen LogP contribution in [0.1, 0.15) is 56.3 Å². The Kier molecular flexibility index (Phi) is 3.66. The van der Waals surface area contributed by atoms with Crippen molar-refractivity contribution in [1.29, 1.82) is 0 Å². The summed E-state index contributed by atoms with van der Waals surface area (Å²) in [5.74, 6) is 3.01. The van der Waals surface area contributed by atoms with Crippen LogP contribution in [-0.4, -0.2) is 16.3 Å². The molecule has 19 heavy (non-hydrogen) atoms. The van der Waals surface area contributed by atoms with Gasteiger partial charge in [-0.25, -0.2) is 0 Å². The van der Waals surface area contributed by atoms with Crippen LogP contribution >= 0.6 is 0 Å². The molecule has 1 aromatic rings. The van der Waals surface area contributed by atoms with Gasteiger partial charge in [0.05, 0.1) is 6.20 Å². The summed E-state index contributed by atoms with van der Waals surface area (Å²) >= 11 is 0. The number of nitrogens with zero attached hydrogens (tertiary/aromatic N) is 2. The van der Waals surface area contributed by atoms with Gasteiger partial charge in [0.2, 0.25) is 0 Å². The van der Waals surface area contributed by atoms with Crippen LogP contribution in [0.4, 0.5) is 0 Å². The molecule has 106 valence electrons. The van der Waals surface area contributed by atoms with E-state index in [-0.39, 0.29) is 0 Å². The highest BCUT2D eigenvalue weighted by molar-refractivity contribution is 5.21. The summed E-state index contributed by atoms with van der Waals surface area (Å²) < 4.78 is 2.00. The number of aromatic nitrogens is 2. The largest absolute Gasteiger partial charge is 0.310 e. The van der Waals surface area contributed by atoms with Gasteiger partial charge >= 0.3 is 0 Å². The fourth-order valence-corrected chi connectivity index (χ4v) is 4.39. The fraction of sp³-hybridized carbons (Fsp3) is 0.812. The van der Waals surface area contributed by atoms with Gasteiger partial charge in [-0.1, -0.05) is 13.3 Å². The van der Waals surface area contributed by atoms with Gasteiger partial charge in [-0.05, 0) is 56.9 Å². The minimum atomic E-state index is 0.503. The zero-order valence-corrected chi connectivity index (χ0v) is 12.5. The second-order valence-electron chi connectivity index (χ2n) is 6.59. The van der Waals surface area contributed by atoms with Gasteiger partial charge in [-0.2, -0.15) is 5.10 Å². The van der Waals surface area contributed by atoms with Crippen molar-refractivity contribution >= 4 is 0 Å². The molecular weight excluding hydrogens is 234 g/mol. The average Bonchev–Trinajstić information content (AvgIpc) is 3.07. The molecule has 3 heteroatoms. The summed E-state index contributed by atoms with van der Waals surface area (Å²) in [5.41, 5.74) is 2.72. The van der Waals surface area contributed by atoms with Crippen LogP contribution < -0.4 is 5.32 Å². The van der Waals surface area contributed by atoms with Crippen molar-refractivity contribution in [2.24, 2.45) is 24.8 Å². The van der Waals surface area contributed by atoms with Crippen molar-refractivity contribution in [3.63, 3.8) is 0 Å².